The summed E-state index contributed by atoms with van der Waals surface area (Å²) in [5.41, 5.74) is 2.32. The van der Waals surface area contributed by atoms with E-state index in [-0.39, 0.29) is 5.82 Å². The first-order chi connectivity index (χ1) is 9.70. The SMILES string of the molecule is CNCC(CCc1ccc(F)cc1Cl)c1ccccc1. The van der Waals surface area contributed by atoms with Crippen LogP contribution in [0.5, 0.6) is 0 Å². The predicted octanol–water partition coefficient (Wildman–Crippen LogP) is 4.41. The van der Waals surface area contributed by atoms with E-state index in [2.05, 4.69) is 29.6 Å². The van der Waals surface area contributed by atoms with E-state index in [0.717, 1.165) is 24.9 Å². The van der Waals surface area contributed by atoms with Gasteiger partial charge >= 0.3 is 0 Å². The Morgan fingerprint density at radius 3 is 2.55 bits per heavy atom. The first-order valence-electron chi connectivity index (χ1n) is 6.84. The Morgan fingerprint density at radius 2 is 1.90 bits per heavy atom. The average Bonchev–Trinajstić information content (AvgIpc) is 2.46. The monoisotopic (exact) mass is 291 g/mol. The van der Waals surface area contributed by atoms with Crippen LogP contribution in [0.15, 0.2) is 48.5 Å². The second-order valence-electron chi connectivity index (χ2n) is 4.94. The number of hydrogen-bond acceptors (Lipinski definition) is 1. The molecule has 106 valence electrons. The fraction of sp³-hybridized carbons (Fsp3) is 0.294. The number of hydrogen-bond donors (Lipinski definition) is 1. The van der Waals surface area contributed by atoms with Crippen molar-refractivity contribution >= 4 is 11.6 Å². The number of halogens is 2. The molecule has 0 amide bonds. The minimum Gasteiger partial charge on any atom is -0.319 e. The maximum Gasteiger partial charge on any atom is 0.124 e. The van der Waals surface area contributed by atoms with E-state index in [1.165, 1.54) is 17.7 Å². The van der Waals surface area contributed by atoms with Crippen molar-refractivity contribution in [2.45, 2.75) is 18.8 Å². The Bertz CT molecular complexity index is 542. The van der Waals surface area contributed by atoms with E-state index in [1.54, 1.807) is 6.07 Å². The molecule has 2 rings (SSSR count). The molecule has 1 N–H and O–H groups in total. The lowest BCUT2D eigenvalue weighted by Crippen LogP contribution is -2.18. The van der Waals surface area contributed by atoms with Crippen LogP contribution in [0.2, 0.25) is 5.02 Å². The van der Waals surface area contributed by atoms with E-state index in [1.807, 2.05) is 13.1 Å². The third kappa shape index (κ3) is 4.06. The maximum atomic E-state index is 13.0. The molecule has 20 heavy (non-hydrogen) atoms. The van der Waals surface area contributed by atoms with Crippen molar-refractivity contribution in [2.24, 2.45) is 0 Å². The molecule has 0 aliphatic rings. The highest BCUT2D eigenvalue weighted by molar-refractivity contribution is 6.31. The van der Waals surface area contributed by atoms with Crippen molar-refractivity contribution in [3.63, 3.8) is 0 Å². The molecule has 0 spiro atoms. The van der Waals surface area contributed by atoms with Gasteiger partial charge in [0.1, 0.15) is 5.82 Å². The van der Waals surface area contributed by atoms with Gasteiger partial charge in [0.2, 0.25) is 0 Å². The van der Waals surface area contributed by atoms with Crippen LogP contribution in [-0.4, -0.2) is 13.6 Å². The van der Waals surface area contributed by atoms with E-state index in [0.29, 0.717) is 10.9 Å². The summed E-state index contributed by atoms with van der Waals surface area (Å²) in [5.74, 6) is 0.149. The average molecular weight is 292 g/mol. The van der Waals surface area contributed by atoms with Crippen molar-refractivity contribution in [3.8, 4) is 0 Å². The van der Waals surface area contributed by atoms with Gasteiger partial charge in [0.15, 0.2) is 0 Å². The zero-order valence-corrected chi connectivity index (χ0v) is 12.3. The maximum absolute atomic E-state index is 13.0. The molecular weight excluding hydrogens is 273 g/mol. The molecule has 0 aromatic heterocycles. The molecule has 3 heteroatoms. The summed E-state index contributed by atoms with van der Waals surface area (Å²) in [5, 5.41) is 3.75. The normalized spacial score (nSPS) is 12.3. The Morgan fingerprint density at radius 1 is 1.15 bits per heavy atom. The summed E-state index contributed by atoms with van der Waals surface area (Å²) in [6, 6.07) is 15.1. The minimum atomic E-state index is -0.284. The third-order valence-electron chi connectivity index (χ3n) is 3.50. The number of aryl methyl sites for hydroxylation is 1. The van der Waals surface area contributed by atoms with E-state index in [9.17, 15) is 4.39 Å². The Balaban J connectivity index is 2.06. The zero-order chi connectivity index (χ0) is 14.4. The van der Waals surface area contributed by atoms with Gasteiger partial charge < -0.3 is 5.32 Å². The highest BCUT2D eigenvalue weighted by Gasteiger charge is 2.11. The number of benzene rings is 2. The first kappa shape index (κ1) is 15.0. The van der Waals surface area contributed by atoms with Crippen LogP contribution in [0, 0.1) is 5.82 Å². The highest BCUT2D eigenvalue weighted by atomic mass is 35.5. The fourth-order valence-electron chi connectivity index (χ4n) is 2.41. The van der Waals surface area contributed by atoms with Crippen molar-refractivity contribution in [1.82, 2.24) is 5.32 Å². The molecule has 0 fully saturated rings. The van der Waals surface area contributed by atoms with Gasteiger partial charge in [-0.25, -0.2) is 4.39 Å². The zero-order valence-electron chi connectivity index (χ0n) is 11.6. The molecular formula is C17H19ClFN. The standard InChI is InChI=1S/C17H19ClFN/c1-20-12-15(13-5-3-2-4-6-13)8-7-14-9-10-16(19)11-17(14)18/h2-6,9-11,15,20H,7-8,12H2,1H3. The summed E-state index contributed by atoms with van der Waals surface area (Å²) in [4.78, 5) is 0. The second-order valence-corrected chi connectivity index (χ2v) is 5.35. The summed E-state index contributed by atoms with van der Waals surface area (Å²) in [7, 11) is 1.96. The number of nitrogens with one attached hydrogen (secondary N) is 1. The van der Waals surface area contributed by atoms with Crippen molar-refractivity contribution in [1.29, 1.82) is 0 Å². The van der Waals surface area contributed by atoms with Crippen molar-refractivity contribution < 1.29 is 4.39 Å². The molecule has 0 heterocycles. The molecule has 1 atom stereocenters. The van der Waals surface area contributed by atoms with Crippen molar-refractivity contribution in [3.05, 3.63) is 70.5 Å². The second kappa shape index (κ2) is 7.41. The Hall–Kier alpha value is -1.38. The van der Waals surface area contributed by atoms with Gasteiger partial charge in [-0.15, -0.1) is 0 Å². The quantitative estimate of drug-likeness (QED) is 0.831. The lowest BCUT2D eigenvalue weighted by molar-refractivity contribution is 0.583. The predicted molar refractivity (Wildman–Crippen MR) is 82.8 cm³/mol. The van der Waals surface area contributed by atoms with Gasteiger partial charge in [0.25, 0.3) is 0 Å². The first-order valence-corrected chi connectivity index (χ1v) is 7.22. The van der Waals surface area contributed by atoms with E-state index < -0.39 is 0 Å². The van der Waals surface area contributed by atoms with Gasteiger partial charge in [0.05, 0.1) is 0 Å². The Kier molecular flexibility index (Phi) is 5.57. The molecule has 0 bridgehead atoms. The van der Waals surface area contributed by atoms with E-state index >= 15 is 0 Å². The molecule has 0 saturated carbocycles. The summed E-state index contributed by atoms with van der Waals surface area (Å²) < 4.78 is 13.0. The smallest absolute Gasteiger partial charge is 0.124 e. The minimum absolute atomic E-state index is 0.284. The van der Waals surface area contributed by atoms with Crippen LogP contribution >= 0.6 is 11.6 Å². The molecule has 1 unspecified atom stereocenters. The molecule has 2 aromatic rings. The lowest BCUT2D eigenvalue weighted by Gasteiger charge is -2.17. The topological polar surface area (TPSA) is 12.0 Å². The van der Waals surface area contributed by atoms with Crippen LogP contribution < -0.4 is 5.32 Å². The van der Waals surface area contributed by atoms with Gasteiger partial charge in [-0.1, -0.05) is 48.0 Å². The van der Waals surface area contributed by atoms with Crippen LogP contribution in [-0.2, 0) is 6.42 Å². The van der Waals surface area contributed by atoms with Crippen LogP contribution in [0.3, 0.4) is 0 Å². The molecule has 2 aromatic carbocycles. The largest absolute Gasteiger partial charge is 0.319 e. The van der Waals surface area contributed by atoms with Crippen LogP contribution in [0.4, 0.5) is 4.39 Å². The van der Waals surface area contributed by atoms with Crippen LogP contribution in [0.1, 0.15) is 23.5 Å². The lowest BCUT2D eigenvalue weighted by atomic mass is 9.92. The molecule has 0 radical (unpaired) electrons. The fourth-order valence-corrected chi connectivity index (χ4v) is 2.67. The summed E-state index contributed by atoms with van der Waals surface area (Å²) in [6.45, 7) is 0.919. The molecule has 0 aliphatic heterocycles. The molecule has 0 saturated heterocycles. The van der Waals surface area contributed by atoms with Gasteiger partial charge in [-0.3, -0.25) is 0 Å². The number of likely N-dealkylation sites (N-methyl/N-ethyl adjacent to an activating group) is 1. The van der Waals surface area contributed by atoms with Crippen molar-refractivity contribution in [2.75, 3.05) is 13.6 Å². The Labute approximate surface area is 124 Å². The van der Waals surface area contributed by atoms with Gasteiger partial charge in [-0.05, 0) is 49.1 Å². The molecule has 1 nitrogen and oxygen atoms in total. The van der Waals surface area contributed by atoms with Gasteiger partial charge in [-0.2, -0.15) is 0 Å². The number of rotatable bonds is 6. The van der Waals surface area contributed by atoms with Crippen LogP contribution in [0.25, 0.3) is 0 Å². The summed E-state index contributed by atoms with van der Waals surface area (Å²) >= 11 is 6.08. The van der Waals surface area contributed by atoms with Gasteiger partial charge in [0, 0.05) is 11.6 Å². The molecule has 0 aliphatic carbocycles. The highest BCUT2D eigenvalue weighted by Crippen LogP contribution is 2.24. The third-order valence-corrected chi connectivity index (χ3v) is 3.85. The van der Waals surface area contributed by atoms with E-state index in [4.69, 9.17) is 11.6 Å². The summed E-state index contributed by atoms with van der Waals surface area (Å²) in [6.07, 6.45) is 1.83.